The van der Waals surface area contributed by atoms with Crippen molar-refractivity contribution < 1.29 is 0 Å². The SMILES string of the molecule is CC1(Cn2c(CCl)nc3ccc(Cl)cc32)CCCC1. The molecule has 2 nitrogen and oxygen atoms in total. The lowest BCUT2D eigenvalue weighted by atomic mass is 9.89. The third-order valence-corrected chi connectivity index (χ3v) is 4.73. The van der Waals surface area contributed by atoms with E-state index in [0.29, 0.717) is 11.3 Å². The van der Waals surface area contributed by atoms with Crippen molar-refractivity contribution >= 4 is 34.2 Å². The predicted molar refractivity (Wildman–Crippen MR) is 80.9 cm³/mol. The quantitative estimate of drug-likeness (QED) is 0.728. The molecule has 1 aromatic heterocycles. The summed E-state index contributed by atoms with van der Waals surface area (Å²) in [4.78, 5) is 4.62. The monoisotopic (exact) mass is 296 g/mol. The van der Waals surface area contributed by atoms with Crippen molar-refractivity contribution in [2.75, 3.05) is 0 Å². The number of halogens is 2. The minimum Gasteiger partial charge on any atom is -0.326 e. The highest BCUT2D eigenvalue weighted by molar-refractivity contribution is 6.31. The fraction of sp³-hybridized carbons (Fsp3) is 0.533. The molecule has 0 radical (unpaired) electrons. The summed E-state index contributed by atoms with van der Waals surface area (Å²) >= 11 is 12.2. The number of hydrogen-bond donors (Lipinski definition) is 0. The van der Waals surface area contributed by atoms with Crippen molar-refractivity contribution in [3.05, 3.63) is 29.0 Å². The smallest absolute Gasteiger partial charge is 0.124 e. The van der Waals surface area contributed by atoms with Gasteiger partial charge in [0, 0.05) is 11.6 Å². The van der Waals surface area contributed by atoms with Crippen LogP contribution in [0.25, 0.3) is 11.0 Å². The summed E-state index contributed by atoms with van der Waals surface area (Å²) in [6.07, 6.45) is 5.24. The molecule has 1 fully saturated rings. The van der Waals surface area contributed by atoms with E-state index in [4.69, 9.17) is 23.2 Å². The van der Waals surface area contributed by atoms with E-state index in [9.17, 15) is 0 Å². The summed E-state index contributed by atoms with van der Waals surface area (Å²) in [6.45, 7) is 3.36. The van der Waals surface area contributed by atoms with E-state index >= 15 is 0 Å². The van der Waals surface area contributed by atoms with Gasteiger partial charge in [0.1, 0.15) is 5.82 Å². The average Bonchev–Trinajstić information content (AvgIpc) is 2.95. The van der Waals surface area contributed by atoms with Crippen LogP contribution in [0.4, 0.5) is 0 Å². The van der Waals surface area contributed by atoms with Crippen LogP contribution in [-0.4, -0.2) is 9.55 Å². The summed E-state index contributed by atoms with van der Waals surface area (Å²) in [5, 5.41) is 0.756. The zero-order valence-electron chi connectivity index (χ0n) is 11.1. The summed E-state index contributed by atoms with van der Waals surface area (Å²) < 4.78 is 2.26. The Bertz CT molecular complexity index is 597. The van der Waals surface area contributed by atoms with Crippen LogP contribution in [0.2, 0.25) is 5.02 Å². The van der Waals surface area contributed by atoms with Gasteiger partial charge in [-0.15, -0.1) is 11.6 Å². The van der Waals surface area contributed by atoms with Crippen LogP contribution in [-0.2, 0) is 12.4 Å². The third-order valence-electron chi connectivity index (χ3n) is 4.26. The molecule has 3 rings (SSSR count). The molecule has 0 bridgehead atoms. The Morgan fingerprint density at radius 2 is 2.05 bits per heavy atom. The van der Waals surface area contributed by atoms with Gasteiger partial charge in [-0.3, -0.25) is 0 Å². The van der Waals surface area contributed by atoms with Crippen molar-refractivity contribution in [2.45, 2.75) is 45.0 Å². The Kier molecular flexibility index (Phi) is 3.48. The number of benzene rings is 1. The number of aromatic nitrogens is 2. The van der Waals surface area contributed by atoms with Crippen LogP contribution in [0.3, 0.4) is 0 Å². The van der Waals surface area contributed by atoms with Crippen molar-refractivity contribution in [1.29, 1.82) is 0 Å². The fourth-order valence-corrected chi connectivity index (χ4v) is 3.56. The van der Waals surface area contributed by atoms with Gasteiger partial charge in [0.2, 0.25) is 0 Å². The van der Waals surface area contributed by atoms with Gasteiger partial charge >= 0.3 is 0 Å². The second kappa shape index (κ2) is 4.99. The highest BCUT2D eigenvalue weighted by Crippen LogP contribution is 2.40. The van der Waals surface area contributed by atoms with Gasteiger partial charge in [-0.05, 0) is 36.5 Å². The van der Waals surface area contributed by atoms with Crippen molar-refractivity contribution in [3.63, 3.8) is 0 Å². The molecular weight excluding hydrogens is 279 g/mol. The lowest BCUT2D eigenvalue weighted by molar-refractivity contribution is 0.282. The molecule has 19 heavy (non-hydrogen) atoms. The van der Waals surface area contributed by atoms with Crippen LogP contribution < -0.4 is 0 Å². The third kappa shape index (κ3) is 2.48. The molecule has 0 N–H and O–H groups in total. The molecule has 0 unspecified atom stereocenters. The van der Waals surface area contributed by atoms with E-state index in [1.165, 1.54) is 25.7 Å². The number of nitrogens with zero attached hydrogens (tertiary/aromatic N) is 2. The molecule has 4 heteroatoms. The molecule has 0 aliphatic heterocycles. The maximum Gasteiger partial charge on any atom is 0.124 e. The first-order valence-electron chi connectivity index (χ1n) is 6.82. The van der Waals surface area contributed by atoms with E-state index in [1.54, 1.807) is 0 Å². The van der Waals surface area contributed by atoms with Crippen LogP contribution in [0, 0.1) is 5.41 Å². The van der Waals surface area contributed by atoms with E-state index in [2.05, 4.69) is 16.5 Å². The van der Waals surface area contributed by atoms with E-state index in [0.717, 1.165) is 28.4 Å². The maximum absolute atomic E-state index is 6.12. The molecule has 0 saturated heterocycles. The molecule has 1 aliphatic carbocycles. The summed E-state index contributed by atoms with van der Waals surface area (Å²) in [6, 6.07) is 5.86. The normalized spacial score (nSPS) is 18.3. The highest BCUT2D eigenvalue weighted by atomic mass is 35.5. The van der Waals surface area contributed by atoms with Crippen LogP contribution >= 0.6 is 23.2 Å². The van der Waals surface area contributed by atoms with E-state index in [1.807, 2.05) is 18.2 Å². The van der Waals surface area contributed by atoms with Crippen molar-refractivity contribution in [2.24, 2.45) is 5.41 Å². The average molecular weight is 297 g/mol. The van der Waals surface area contributed by atoms with Gasteiger partial charge in [-0.1, -0.05) is 31.4 Å². The van der Waals surface area contributed by atoms with Gasteiger partial charge in [-0.2, -0.15) is 0 Å². The number of fused-ring (bicyclic) bond motifs is 1. The van der Waals surface area contributed by atoms with Gasteiger partial charge in [0.05, 0.1) is 16.9 Å². The number of hydrogen-bond acceptors (Lipinski definition) is 1. The maximum atomic E-state index is 6.12. The van der Waals surface area contributed by atoms with Gasteiger partial charge < -0.3 is 4.57 Å². The standard InChI is InChI=1S/C15H18Cl2N2/c1-15(6-2-3-7-15)10-19-13-8-11(17)4-5-12(13)18-14(19)9-16/h4-5,8H,2-3,6-7,9-10H2,1H3. The Morgan fingerprint density at radius 3 is 2.74 bits per heavy atom. The predicted octanol–water partition coefficient (Wildman–Crippen LogP) is 5.01. The van der Waals surface area contributed by atoms with Gasteiger partial charge in [-0.25, -0.2) is 4.98 Å². The number of imidazole rings is 1. The molecule has 102 valence electrons. The summed E-state index contributed by atoms with van der Waals surface area (Å²) in [7, 11) is 0. The number of rotatable bonds is 3. The second-order valence-corrected chi connectivity index (χ2v) is 6.60. The van der Waals surface area contributed by atoms with Gasteiger partial charge in [0.25, 0.3) is 0 Å². The molecule has 0 atom stereocenters. The molecule has 1 aromatic carbocycles. The molecule has 0 spiro atoms. The summed E-state index contributed by atoms with van der Waals surface area (Å²) in [5.41, 5.74) is 2.47. The summed E-state index contributed by atoms with van der Waals surface area (Å²) in [5.74, 6) is 1.40. The topological polar surface area (TPSA) is 17.8 Å². The second-order valence-electron chi connectivity index (χ2n) is 5.90. The Labute approximate surface area is 123 Å². The minimum atomic E-state index is 0.372. The molecule has 0 amide bonds. The first-order valence-corrected chi connectivity index (χ1v) is 7.73. The molecule has 2 aromatic rings. The lowest BCUT2D eigenvalue weighted by Crippen LogP contribution is -2.20. The van der Waals surface area contributed by atoms with Crippen LogP contribution in [0.15, 0.2) is 18.2 Å². The largest absolute Gasteiger partial charge is 0.326 e. The fourth-order valence-electron chi connectivity index (χ4n) is 3.19. The van der Waals surface area contributed by atoms with Crippen LogP contribution in [0.1, 0.15) is 38.4 Å². The zero-order chi connectivity index (χ0) is 13.5. The first-order chi connectivity index (χ1) is 9.11. The molecule has 1 heterocycles. The van der Waals surface area contributed by atoms with Crippen molar-refractivity contribution in [1.82, 2.24) is 9.55 Å². The Balaban J connectivity index is 2.07. The Hall–Kier alpha value is -0.730. The minimum absolute atomic E-state index is 0.372. The lowest BCUT2D eigenvalue weighted by Gasteiger charge is -2.25. The van der Waals surface area contributed by atoms with Gasteiger partial charge in [0.15, 0.2) is 0 Å². The molecule has 1 saturated carbocycles. The van der Waals surface area contributed by atoms with E-state index in [-0.39, 0.29) is 0 Å². The van der Waals surface area contributed by atoms with Crippen LogP contribution in [0.5, 0.6) is 0 Å². The highest BCUT2D eigenvalue weighted by Gasteiger charge is 2.30. The Morgan fingerprint density at radius 1 is 1.32 bits per heavy atom. The number of alkyl halides is 1. The molecular formula is C15H18Cl2N2. The first kappa shape index (κ1) is 13.3. The zero-order valence-corrected chi connectivity index (χ0v) is 12.6. The van der Waals surface area contributed by atoms with E-state index < -0.39 is 0 Å². The molecule has 1 aliphatic rings. The van der Waals surface area contributed by atoms with Crippen molar-refractivity contribution in [3.8, 4) is 0 Å².